The van der Waals surface area contributed by atoms with E-state index in [1.54, 1.807) is 0 Å². The highest BCUT2D eigenvalue weighted by Gasteiger charge is 2.33. The summed E-state index contributed by atoms with van der Waals surface area (Å²) in [4.78, 5) is 10.3. The van der Waals surface area contributed by atoms with E-state index in [0.717, 1.165) is 19.1 Å². The molecule has 1 saturated heterocycles. The molecule has 0 aromatic rings. The maximum Gasteiger partial charge on any atom is 0.151 e. The molecular formula is C7H12O2. The zero-order valence-corrected chi connectivity index (χ0v) is 5.89. The van der Waals surface area contributed by atoms with E-state index >= 15 is 0 Å². The average Bonchev–Trinajstić information content (AvgIpc) is 2.13. The smallest absolute Gasteiger partial charge is 0.151 e. The Kier molecular flexibility index (Phi) is 1.58. The van der Waals surface area contributed by atoms with Crippen LogP contribution in [0.25, 0.3) is 0 Å². The molecule has 0 aliphatic carbocycles. The predicted octanol–water partition coefficient (Wildman–Crippen LogP) is 1.14. The highest BCUT2D eigenvalue weighted by Crippen LogP contribution is 2.27. The van der Waals surface area contributed by atoms with Crippen LogP contribution in [0.2, 0.25) is 0 Å². The zero-order chi connectivity index (χ0) is 6.91. The van der Waals surface area contributed by atoms with Crippen LogP contribution >= 0.6 is 0 Å². The van der Waals surface area contributed by atoms with Crippen LogP contribution in [-0.2, 0) is 9.53 Å². The Labute approximate surface area is 55.2 Å². The molecule has 2 nitrogen and oxygen atoms in total. The summed E-state index contributed by atoms with van der Waals surface area (Å²) in [6, 6.07) is 0. The van der Waals surface area contributed by atoms with Crippen LogP contribution in [0, 0.1) is 0 Å². The highest BCUT2D eigenvalue weighted by atomic mass is 16.5. The molecule has 0 radical (unpaired) electrons. The standard InChI is InChI=1S/C7H12O2/c1-6-3-4-7(2,5-8)9-6/h5-6H,3-4H2,1-2H3. The molecule has 0 aromatic heterocycles. The lowest BCUT2D eigenvalue weighted by atomic mass is 10.1. The van der Waals surface area contributed by atoms with Crippen molar-refractivity contribution in [1.82, 2.24) is 0 Å². The first-order chi connectivity index (χ1) is 4.16. The summed E-state index contributed by atoms with van der Waals surface area (Å²) in [6.45, 7) is 3.83. The second-order valence-electron chi connectivity index (χ2n) is 2.90. The van der Waals surface area contributed by atoms with Gasteiger partial charge in [-0.2, -0.15) is 0 Å². The first-order valence-corrected chi connectivity index (χ1v) is 3.30. The van der Waals surface area contributed by atoms with Crippen molar-refractivity contribution < 1.29 is 9.53 Å². The Morgan fingerprint density at radius 1 is 1.78 bits per heavy atom. The fourth-order valence-corrected chi connectivity index (χ4v) is 1.15. The molecule has 0 N–H and O–H groups in total. The third-order valence-electron chi connectivity index (χ3n) is 1.77. The van der Waals surface area contributed by atoms with Crippen molar-refractivity contribution in [2.24, 2.45) is 0 Å². The van der Waals surface area contributed by atoms with E-state index in [4.69, 9.17) is 4.74 Å². The van der Waals surface area contributed by atoms with E-state index in [9.17, 15) is 4.79 Å². The maximum atomic E-state index is 10.3. The third-order valence-corrected chi connectivity index (χ3v) is 1.77. The van der Waals surface area contributed by atoms with Crippen molar-refractivity contribution in [3.63, 3.8) is 0 Å². The van der Waals surface area contributed by atoms with Crippen molar-refractivity contribution >= 4 is 6.29 Å². The van der Waals surface area contributed by atoms with E-state index in [2.05, 4.69) is 0 Å². The normalized spacial score (nSPS) is 43.1. The van der Waals surface area contributed by atoms with Crippen molar-refractivity contribution in [3.8, 4) is 0 Å². The van der Waals surface area contributed by atoms with E-state index in [1.807, 2.05) is 13.8 Å². The van der Waals surface area contributed by atoms with Crippen LogP contribution in [0.3, 0.4) is 0 Å². The van der Waals surface area contributed by atoms with E-state index < -0.39 is 5.60 Å². The molecule has 1 rings (SSSR count). The van der Waals surface area contributed by atoms with Crippen molar-refractivity contribution in [2.75, 3.05) is 0 Å². The average molecular weight is 128 g/mol. The number of aldehydes is 1. The minimum atomic E-state index is -0.473. The van der Waals surface area contributed by atoms with Crippen LogP contribution in [0.1, 0.15) is 26.7 Å². The van der Waals surface area contributed by atoms with Gasteiger partial charge in [0.1, 0.15) is 5.60 Å². The van der Waals surface area contributed by atoms with Gasteiger partial charge in [0.15, 0.2) is 6.29 Å². The first kappa shape index (κ1) is 6.75. The molecule has 9 heavy (non-hydrogen) atoms. The Morgan fingerprint density at radius 3 is 2.67 bits per heavy atom. The van der Waals surface area contributed by atoms with Gasteiger partial charge >= 0.3 is 0 Å². The lowest BCUT2D eigenvalue weighted by Gasteiger charge is -2.14. The minimum absolute atomic E-state index is 0.264. The largest absolute Gasteiger partial charge is 0.365 e. The molecule has 2 unspecified atom stereocenters. The molecule has 2 heteroatoms. The fourth-order valence-electron chi connectivity index (χ4n) is 1.15. The first-order valence-electron chi connectivity index (χ1n) is 3.30. The minimum Gasteiger partial charge on any atom is -0.365 e. The van der Waals surface area contributed by atoms with Gasteiger partial charge in [-0.25, -0.2) is 0 Å². The maximum absolute atomic E-state index is 10.3. The molecular weight excluding hydrogens is 116 g/mol. The van der Waals surface area contributed by atoms with Gasteiger partial charge in [-0.3, -0.25) is 0 Å². The molecule has 0 aromatic carbocycles. The van der Waals surface area contributed by atoms with Crippen LogP contribution in [-0.4, -0.2) is 18.0 Å². The topological polar surface area (TPSA) is 26.3 Å². The third kappa shape index (κ3) is 1.30. The molecule has 52 valence electrons. The monoisotopic (exact) mass is 128 g/mol. The molecule has 1 aliphatic rings. The van der Waals surface area contributed by atoms with Gasteiger partial charge in [0.2, 0.25) is 0 Å². The number of carbonyl (C=O) groups excluding carboxylic acids is 1. The molecule has 1 heterocycles. The van der Waals surface area contributed by atoms with Crippen LogP contribution < -0.4 is 0 Å². The Morgan fingerprint density at radius 2 is 2.44 bits per heavy atom. The van der Waals surface area contributed by atoms with Crippen molar-refractivity contribution in [2.45, 2.75) is 38.4 Å². The van der Waals surface area contributed by atoms with E-state index in [0.29, 0.717) is 0 Å². The van der Waals surface area contributed by atoms with Crippen LogP contribution in [0.15, 0.2) is 0 Å². The van der Waals surface area contributed by atoms with Crippen molar-refractivity contribution in [3.05, 3.63) is 0 Å². The van der Waals surface area contributed by atoms with Crippen molar-refractivity contribution in [1.29, 1.82) is 0 Å². The quantitative estimate of drug-likeness (QED) is 0.495. The lowest BCUT2D eigenvalue weighted by molar-refractivity contribution is -0.126. The SMILES string of the molecule is CC1CCC(C)(C=O)O1. The zero-order valence-electron chi connectivity index (χ0n) is 5.89. The molecule has 0 amide bonds. The Bertz CT molecular complexity index is 122. The molecule has 0 spiro atoms. The van der Waals surface area contributed by atoms with E-state index in [-0.39, 0.29) is 6.10 Å². The molecule has 1 fully saturated rings. The second-order valence-corrected chi connectivity index (χ2v) is 2.90. The lowest BCUT2D eigenvalue weighted by Crippen LogP contribution is -2.25. The summed E-state index contributed by atoms with van der Waals surface area (Å²) in [5.41, 5.74) is -0.473. The van der Waals surface area contributed by atoms with Gasteiger partial charge in [0, 0.05) is 0 Å². The molecule has 0 saturated carbocycles. The number of hydrogen-bond acceptors (Lipinski definition) is 2. The molecule has 0 bridgehead atoms. The van der Waals surface area contributed by atoms with Gasteiger partial charge in [0.25, 0.3) is 0 Å². The van der Waals surface area contributed by atoms with Gasteiger partial charge in [-0.1, -0.05) is 0 Å². The van der Waals surface area contributed by atoms with Gasteiger partial charge in [0.05, 0.1) is 6.10 Å². The van der Waals surface area contributed by atoms with Crippen LogP contribution in [0.4, 0.5) is 0 Å². The number of hydrogen-bond donors (Lipinski definition) is 0. The summed E-state index contributed by atoms with van der Waals surface area (Å²) >= 11 is 0. The summed E-state index contributed by atoms with van der Waals surface area (Å²) in [6.07, 6.45) is 3.05. The number of ether oxygens (including phenoxy) is 1. The second kappa shape index (κ2) is 2.10. The Hall–Kier alpha value is -0.370. The molecule has 2 atom stereocenters. The summed E-state index contributed by atoms with van der Waals surface area (Å²) in [5, 5.41) is 0. The Balaban J connectivity index is 2.54. The van der Waals surface area contributed by atoms with Gasteiger partial charge in [-0.15, -0.1) is 0 Å². The van der Waals surface area contributed by atoms with Gasteiger partial charge < -0.3 is 9.53 Å². The summed E-state index contributed by atoms with van der Waals surface area (Å²) < 4.78 is 5.33. The summed E-state index contributed by atoms with van der Waals surface area (Å²) in [7, 11) is 0. The highest BCUT2D eigenvalue weighted by molar-refractivity contribution is 5.62. The predicted molar refractivity (Wildman–Crippen MR) is 34.2 cm³/mol. The summed E-state index contributed by atoms with van der Waals surface area (Å²) in [5.74, 6) is 0. The molecule has 1 aliphatic heterocycles. The fraction of sp³-hybridized carbons (Fsp3) is 0.857. The van der Waals surface area contributed by atoms with Gasteiger partial charge in [-0.05, 0) is 26.7 Å². The van der Waals surface area contributed by atoms with E-state index in [1.165, 1.54) is 0 Å². The van der Waals surface area contributed by atoms with Crippen LogP contribution in [0.5, 0.6) is 0 Å². The number of rotatable bonds is 1. The number of carbonyl (C=O) groups is 1.